The maximum atomic E-state index is 14.1. The first-order valence-electron chi connectivity index (χ1n) is 17.1. The van der Waals surface area contributed by atoms with Crippen molar-refractivity contribution in [2.24, 2.45) is 5.41 Å². The highest BCUT2D eigenvalue weighted by Gasteiger charge is 2.53. The third kappa shape index (κ3) is 6.51. The smallest absolute Gasteiger partial charge is 0.410 e. The lowest BCUT2D eigenvalue weighted by Crippen LogP contribution is -2.62. The van der Waals surface area contributed by atoms with Gasteiger partial charge in [-0.1, -0.05) is 35.9 Å². The summed E-state index contributed by atoms with van der Waals surface area (Å²) >= 11 is 0. The minimum Gasteiger partial charge on any atom is -0.444 e. The Hall–Kier alpha value is -4.64. The SMILES string of the molecule is C[C@@H](NC(=O)c1cc(C2=CCOC2)c(=O)n(C2(CF)CC2)c1)c1ccc(C(=C2CC3(C2)CN(C(=O)OC(C)(C)C)C3)c2ccc(F)cn2)cc1. The van der Waals surface area contributed by atoms with Gasteiger partial charge in [0.05, 0.1) is 42.2 Å². The number of nitrogens with zero attached hydrogens (tertiary/aromatic N) is 3. The van der Waals surface area contributed by atoms with Crippen LogP contribution in [0.25, 0.3) is 11.1 Å². The molecule has 9 nitrogen and oxygen atoms in total. The van der Waals surface area contributed by atoms with E-state index >= 15 is 0 Å². The highest BCUT2D eigenvalue weighted by Crippen LogP contribution is 2.54. The van der Waals surface area contributed by atoms with Crippen molar-refractivity contribution in [3.05, 3.63) is 111 Å². The first-order chi connectivity index (χ1) is 23.8. The second kappa shape index (κ2) is 12.6. The molecule has 2 aliphatic heterocycles. The normalized spacial score (nSPS) is 19.3. The average molecular weight is 685 g/mol. The van der Waals surface area contributed by atoms with Crippen LogP contribution in [0, 0.1) is 11.2 Å². The summed E-state index contributed by atoms with van der Waals surface area (Å²) in [5.41, 5.74) is 4.17. The summed E-state index contributed by atoms with van der Waals surface area (Å²) in [5.74, 6) is -0.785. The molecule has 0 bridgehead atoms. The van der Waals surface area contributed by atoms with Crippen molar-refractivity contribution in [2.45, 2.75) is 70.6 Å². The molecule has 1 N–H and O–H groups in total. The lowest BCUT2D eigenvalue weighted by molar-refractivity contribution is -0.0500. The number of allylic oxidation sites excluding steroid dienone is 1. The van der Waals surface area contributed by atoms with Gasteiger partial charge < -0.3 is 24.3 Å². The number of ether oxygens (including phenoxy) is 2. The molecule has 0 unspecified atom stereocenters. The summed E-state index contributed by atoms with van der Waals surface area (Å²) in [4.78, 5) is 45.6. The number of aromatic nitrogens is 2. The molecule has 0 radical (unpaired) electrons. The number of carbonyl (C=O) groups excluding carboxylic acids is 2. The standard InChI is InChI=1S/C39H42F2N4O5/c1-24(43-34(46)28-15-31(27-11-14-49-20-27)35(47)45(19-28)39(21-40)12-13-39)25-5-7-26(8-6-25)33(32-10-9-30(41)18-42-32)29-16-38(17-29)22-44(23-38)36(48)50-37(2,3)4/h5-11,15,18-19,24H,12-14,16-17,20-23H2,1-4H3,(H,43,46)/t24-/m1/s1. The van der Waals surface area contributed by atoms with Crippen molar-refractivity contribution in [3.63, 3.8) is 0 Å². The average Bonchev–Trinajstić information content (AvgIpc) is 3.64. The van der Waals surface area contributed by atoms with Crippen molar-refractivity contribution in [1.29, 1.82) is 0 Å². The van der Waals surface area contributed by atoms with Gasteiger partial charge in [-0.15, -0.1) is 0 Å². The van der Waals surface area contributed by atoms with Crippen LogP contribution < -0.4 is 10.9 Å². The van der Waals surface area contributed by atoms with Crippen molar-refractivity contribution in [2.75, 3.05) is 33.0 Å². The minimum absolute atomic E-state index is 0.00321. The van der Waals surface area contributed by atoms with E-state index in [2.05, 4.69) is 10.3 Å². The third-order valence-corrected chi connectivity index (χ3v) is 10.2. The van der Waals surface area contributed by atoms with Gasteiger partial charge in [0.25, 0.3) is 11.5 Å². The van der Waals surface area contributed by atoms with Crippen LogP contribution in [0.4, 0.5) is 13.6 Å². The van der Waals surface area contributed by atoms with Crippen LogP contribution in [0.15, 0.2) is 71.3 Å². The number of pyridine rings is 2. The van der Waals surface area contributed by atoms with Gasteiger partial charge in [0, 0.05) is 35.8 Å². The molecule has 1 spiro atoms. The van der Waals surface area contributed by atoms with E-state index in [1.165, 1.54) is 28.6 Å². The Bertz CT molecular complexity index is 1940. The van der Waals surface area contributed by atoms with Crippen LogP contribution in [0.1, 0.15) is 92.2 Å². The van der Waals surface area contributed by atoms with Gasteiger partial charge in [-0.05, 0) is 88.3 Å². The molecule has 262 valence electrons. The number of hydrogen-bond acceptors (Lipinski definition) is 6. The number of halogens is 2. The molecular formula is C39H42F2N4O5. The van der Waals surface area contributed by atoms with Gasteiger partial charge in [-0.25, -0.2) is 13.6 Å². The number of hydrogen-bond donors (Lipinski definition) is 1. The number of rotatable bonds is 8. The topological polar surface area (TPSA) is 103 Å². The lowest BCUT2D eigenvalue weighted by Gasteiger charge is -2.57. The number of amides is 2. The fourth-order valence-corrected chi connectivity index (χ4v) is 7.28. The van der Waals surface area contributed by atoms with E-state index in [1.807, 2.05) is 58.0 Å². The molecule has 2 aliphatic carbocycles. The summed E-state index contributed by atoms with van der Waals surface area (Å²) in [5, 5.41) is 3.04. The van der Waals surface area contributed by atoms with Crippen molar-refractivity contribution in [1.82, 2.24) is 19.8 Å². The molecular weight excluding hydrogens is 642 g/mol. The highest BCUT2D eigenvalue weighted by molar-refractivity contribution is 5.95. The number of alkyl halides is 1. The van der Waals surface area contributed by atoms with E-state index in [1.54, 1.807) is 17.0 Å². The van der Waals surface area contributed by atoms with Crippen LogP contribution in [0.5, 0.6) is 0 Å². The predicted octanol–water partition coefficient (Wildman–Crippen LogP) is 6.58. The van der Waals surface area contributed by atoms with Gasteiger partial charge in [0.15, 0.2) is 0 Å². The first kappa shape index (κ1) is 33.8. The van der Waals surface area contributed by atoms with E-state index in [9.17, 15) is 23.2 Å². The Balaban J connectivity index is 1.09. The highest BCUT2D eigenvalue weighted by atomic mass is 19.1. The Morgan fingerprint density at radius 3 is 2.38 bits per heavy atom. The monoisotopic (exact) mass is 684 g/mol. The molecule has 1 atom stereocenters. The molecule has 4 heterocycles. The molecule has 7 rings (SSSR count). The number of nitrogens with one attached hydrogen (secondary N) is 1. The molecule has 3 fully saturated rings. The Morgan fingerprint density at radius 2 is 1.80 bits per heavy atom. The first-order valence-corrected chi connectivity index (χ1v) is 17.1. The molecule has 50 heavy (non-hydrogen) atoms. The number of likely N-dealkylation sites (tertiary alicyclic amines) is 1. The van der Waals surface area contributed by atoms with Gasteiger partial charge in [-0.2, -0.15) is 0 Å². The van der Waals surface area contributed by atoms with Crippen molar-refractivity contribution >= 4 is 23.1 Å². The predicted molar refractivity (Wildman–Crippen MR) is 185 cm³/mol. The Kier molecular flexibility index (Phi) is 8.53. The Labute approximate surface area is 290 Å². The summed E-state index contributed by atoms with van der Waals surface area (Å²) in [6, 6.07) is 12.1. The molecule has 2 saturated carbocycles. The molecule has 11 heteroatoms. The fraction of sp³-hybridized carbons (Fsp3) is 0.436. The van der Waals surface area contributed by atoms with Gasteiger partial charge in [-0.3, -0.25) is 14.6 Å². The summed E-state index contributed by atoms with van der Waals surface area (Å²) in [7, 11) is 0. The zero-order valence-corrected chi connectivity index (χ0v) is 28.9. The second-order valence-electron chi connectivity index (χ2n) is 15.3. The lowest BCUT2D eigenvalue weighted by atomic mass is 9.59. The number of benzene rings is 1. The van der Waals surface area contributed by atoms with E-state index in [4.69, 9.17) is 9.47 Å². The van der Waals surface area contributed by atoms with Gasteiger partial charge >= 0.3 is 6.09 Å². The van der Waals surface area contributed by atoms with Crippen LogP contribution in [-0.4, -0.2) is 65.0 Å². The van der Waals surface area contributed by atoms with Crippen LogP contribution in [-0.2, 0) is 15.0 Å². The molecule has 2 aromatic heterocycles. The van der Waals surface area contributed by atoms with E-state index in [0.29, 0.717) is 49.4 Å². The summed E-state index contributed by atoms with van der Waals surface area (Å²) in [6.45, 7) is 8.68. The second-order valence-corrected chi connectivity index (χ2v) is 15.3. The van der Waals surface area contributed by atoms with Crippen LogP contribution >= 0.6 is 0 Å². The Morgan fingerprint density at radius 1 is 1.08 bits per heavy atom. The molecule has 1 aromatic carbocycles. The van der Waals surface area contributed by atoms with E-state index in [0.717, 1.165) is 29.5 Å². The largest absolute Gasteiger partial charge is 0.444 e. The zero-order chi connectivity index (χ0) is 35.4. The minimum atomic E-state index is -0.897. The zero-order valence-electron chi connectivity index (χ0n) is 28.9. The van der Waals surface area contributed by atoms with Gasteiger partial charge in [0.2, 0.25) is 0 Å². The van der Waals surface area contributed by atoms with Crippen LogP contribution in [0.2, 0.25) is 0 Å². The summed E-state index contributed by atoms with van der Waals surface area (Å²) < 4.78 is 40.3. The molecule has 3 aromatic rings. The molecule has 1 saturated heterocycles. The fourth-order valence-electron chi connectivity index (χ4n) is 7.28. The maximum absolute atomic E-state index is 14.1. The van der Waals surface area contributed by atoms with E-state index in [-0.39, 0.29) is 41.2 Å². The quantitative estimate of drug-likeness (QED) is 0.288. The molecule has 2 amide bonds. The van der Waals surface area contributed by atoms with Crippen molar-refractivity contribution in [3.8, 4) is 0 Å². The van der Waals surface area contributed by atoms with Crippen LogP contribution in [0.3, 0.4) is 0 Å². The summed E-state index contributed by atoms with van der Waals surface area (Å²) in [6.07, 6.45) is 6.90. The van der Waals surface area contributed by atoms with E-state index < -0.39 is 23.6 Å². The molecule has 4 aliphatic rings. The van der Waals surface area contributed by atoms with Gasteiger partial charge in [0.1, 0.15) is 18.1 Å². The van der Waals surface area contributed by atoms with Crippen molar-refractivity contribution < 1.29 is 27.8 Å². The number of carbonyl (C=O) groups is 2. The maximum Gasteiger partial charge on any atom is 0.410 e. The third-order valence-electron chi connectivity index (χ3n) is 10.2.